The third-order valence-corrected chi connectivity index (χ3v) is 3.86. The number of methoxy groups -OCH3 is 2. The van der Waals surface area contributed by atoms with Crippen LogP contribution >= 0.6 is 11.6 Å². The fraction of sp³-hybridized carbons (Fsp3) is 0.294. The minimum absolute atomic E-state index is 0.150. The molecule has 112 valence electrons. The molecule has 0 saturated carbocycles. The van der Waals surface area contributed by atoms with E-state index in [2.05, 4.69) is 5.32 Å². The van der Waals surface area contributed by atoms with Crippen LogP contribution in [-0.4, -0.2) is 21.3 Å². The molecule has 0 saturated heterocycles. The first-order chi connectivity index (χ1) is 10.2. The summed E-state index contributed by atoms with van der Waals surface area (Å²) in [6.07, 6.45) is 0.820. The third-order valence-electron chi connectivity index (χ3n) is 3.52. The van der Waals surface area contributed by atoms with Crippen molar-refractivity contribution in [2.24, 2.45) is 0 Å². The van der Waals surface area contributed by atoms with Crippen molar-refractivity contribution in [1.82, 2.24) is 5.32 Å². The monoisotopic (exact) mass is 305 g/mol. The molecule has 2 aromatic carbocycles. The predicted octanol–water partition coefficient (Wildman–Crippen LogP) is 3.86. The molecule has 0 amide bonds. The van der Waals surface area contributed by atoms with Gasteiger partial charge in [0.2, 0.25) is 0 Å². The van der Waals surface area contributed by atoms with Crippen molar-refractivity contribution >= 4 is 11.6 Å². The number of nitrogens with one attached hydrogen (secondary N) is 1. The standard InChI is InChI=1S/C17H20ClNO2/c1-19-15(13-6-4-5-7-14(13)18)10-12-8-9-16(20-2)17(11-12)21-3/h4-9,11,15,19H,10H2,1-3H3. The molecule has 3 nitrogen and oxygen atoms in total. The minimum atomic E-state index is 0.150. The maximum absolute atomic E-state index is 6.29. The van der Waals surface area contributed by atoms with Crippen molar-refractivity contribution in [1.29, 1.82) is 0 Å². The summed E-state index contributed by atoms with van der Waals surface area (Å²) in [5, 5.41) is 4.09. The summed E-state index contributed by atoms with van der Waals surface area (Å²) in [5.74, 6) is 1.48. The average molecular weight is 306 g/mol. The molecule has 2 aromatic rings. The second-order valence-electron chi connectivity index (χ2n) is 4.76. The first-order valence-corrected chi connectivity index (χ1v) is 7.20. The first-order valence-electron chi connectivity index (χ1n) is 6.82. The molecule has 0 aliphatic rings. The molecule has 0 aliphatic carbocycles. The second kappa shape index (κ2) is 7.34. The Kier molecular flexibility index (Phi) is 5.48. The fourth-order valence-electron chi connectivity index (χ4n) is 2.37. The number of halogens is 1. The minimum Gasteiger partial charge on any atom is -0.493 e. The van der Waals surface area contributed by atoms with Crippen molar-refractivity contribution in [3.63, 3.8) is 0 Å². The molecule has 0 fully saturated rings. The maximum atomic E-state index is 6.29. The lowest BCUT2D eigenvalue weighted by atomic mass is 9.98. The van der Waals surface area contributed by atoms with Crippen LogP contribution in [0.15, 0.2) is 42.5 Å². The van der Waals surface area contributed by atoms with E-state index in [1.807, 2.05) is 49.5 Å². The topological polar surface area (TPSA) is 30.5 Å². The Labute approximate surface area is 130 Å². The first kappa shape index (κ1) is 15.7. The number of hydrogen-bond acceptors (Lipinski definition) is 3. The Hall–Kier alpha value is -1.71. The number of likely N-dealkylation sites (N-methyl/N-ethyl adjacent to an activating group) is 1. The quantitative estimate of drug-likeness (QED) is 0.879. The molecule has 1 unspecified atom stereocenters. The fourth-order valence-corrected chi connectivity index (χ4v) is 2.64. The third kappa shape index (κ3) is 3.69. The van der Waals surface area contributed by atoms with E-state index in [-0.39, 0.29) is 6.04 Å². The van der Waals surface area contributed by atoms with Crippen molar-refractivity contribution in [3.8, 4) is 11.5 Å². The Morgan fingerprint density at radius 1 is 1.05 bits per heavy atom. The van der Waals surface area contributed by atoms with Crippen molar-refractivity contribution in [3.05, 3.63) is 58.6 Å². The van der Waals surface area contributed by atoms with Gasteiger partial charge in [0.05, 0.1) is 14.2 Å². The van der Waals surface area contributed by atoms with Crippen LogP contribution < -0.4 is 14.8 Å². The van der Waals surface area contributed by atoms with Gasteiger partial charge in [0, 0.05) is 11.1 Å². The van der Waals surface area contributed by atoms with Gasteiger partial charge in [0.25, 0.3) is 0 Å². The highest BCUT2D eigenvalue weighted by Crippen LogP contribution is 2.31. The summed E-state index contributed by atoms with van der Waals surface area (Å²) < 4.78 is 10.6. The number of rotatable bonds is 6. The van der Waals surface area contributed by atoms with Crippen molar-refractivity contribution in [2.75, 3.05) is 21.3 Å². The van der Waals surface area contributed by atoms with Gasteiger partial charge < -0.3 is 14.8 Å². The summed E-state index contributed by atoms with van der Waals surface area (Å²) in [5.41, 5.74) is 2.25. The van der Waals surface area contributed by atoms with Crippen LogP contribution in [0.5, 0.6) is 11.5 Å². The Morgan fingerprint density at radius 2 is 1.76 bits per heavy atom. The molecular formula is C17H20ClNO2. The molecule has 0 spiro atoms. The lowest BCUT2D eigenvalue weighted by Gasteiger charge is -2.19. The van der Waals surface area contributed by atoms with E-state index in [0.717, 1.165) is 34.1 Å². The van der Waals surface area contributed by atoms with E-state index >= 15 is 0 Å². The van der Waals surface area contributed by atoms with Crippen LogP contribution in [0.2, 0.25) is 5.02 Å². The van der Waals surface area contributed by atoms with Gasteiger partial charge in [-0.25, -0.2) is 0 Å². The van der Waals surface area contributed by atoms with E-state index in [4.69, 9.17) is 21.1 Å². The van der Waals surface area contributed by atoms with Crippen LogP contribution in [0.1, 0.15) is 17.2 Å². The zero-order valence-electron chi connectivity index (χ0n) is 12.5. The maximum Gasteiger partial charge on any atom is 0.160 e. The van der Waals surface area contributed by atoms with Crippen LogP contribution in [0.4, 0.5) is 0 Å². The summed E-state index contributed by atoms with van der Waals surface area (Å²) in [6, 6.07) is 14.0. The molecule has 21 heavy (non-hydrogen) atoms. The van der Waals surface area contributed by atoms with Crippen LogP contribution in [-0.2, 0) is 6.42 Å². The highest BCUT2D eigenvalue weighted by molar-refractivity contribution is 6.31. The molecule has 2 rings (SSSR count). The second-order valence-corrected chi connectivity index (χ2v) is 5.16. The summed E-state index contributed by atoms with van der Waals surface area (Å²) in [7, 11) is 5.22. The lowest BCUT2D eigenvalue weighted by Crippen LogP contribution is -2.19. The Bertz CT molecular complexity index is 601. The van der Waals surface area contributed by atoms with Gasteiger partial charge in [-0.15, -0.1) is 0 Å². The van der Waals surface area contributed by atoms with Gasteiger partial charge in [-0.2, -0.15) is 0 Å². The predicted molar refractivity (Wildman–Crippen MR) is 86.5 cm³/mol. The van der Waals surface area contributed by atoms with E-state index in [0.29, 0.717) is 0 Å². The molecule has 0 bridgehead atoms. The van der Waals surface area contributed by atoms with Gasteiger partial charge in [0.15, 0.2) is 11.5 Å². The highest BCUT2D eigenvalue weighted by atomic mass is 35.5. The van der Waals surface area contributed by atoms with E-state index in [9.17, 15) is 0 Å². The van der Waals surface area contributed by atoms with Crippen molar-refractivity contribution in [2.45, 2.75) is 12.5 Å². The molecule has 0 heterocycles. The molecule has 1 atom stereocenters. The van der Waals surface area contributed by atoms with Gasteiger partial charge in [-0.1, -0.05) is 35.9 Å². The lowest BCUT2D eigenvalue weighted by molar-refractivity contribution is 0.354. The zero-order valence-corrected chi connectivity index (χ0v) is 13.3. The van der Waals surface area contributed by atoms with E-state index in [1.54, 1.807) is 14.2 Å². The normalized spacial score (nSPS) is 12.0. The SMILES string of the molecule is CNC(Cc1ccc(OC)c(OC)c1)c1ccccc1Cl. The highest BCUT2D eigenvalue weighted by Gasteiger charge is 2.14. The molecule has 0 aromatic heterocycles. The number of benzene rings is 2. The largest absolute Gasteiger partial charge is 0.493 e. The van der Waals surface area contributed by atoms with Gasteiger partial charge in [-0.05, 0) is 42.8 Å². The smallest absolute Gasteiger partial charge is 0.160 e. The number of ether oxygens (including phenoxy) is 2. The molecular weight excluding hydrogens is 286 g/mol. The zero-order chi connectivity index (χ0) is 15.2. The summed E-state index contributed by atoms with van der Waals surface area (Å²) >= 11 is 6.29. The van der Waals surface area contributed by atoms with Crippen LogP contribution in [0.25, 0.3) is 0 Å². The van der Waals surface area contributed by atoms with E-state index in [1.165, 1.54) is 0 Å². The molecule has 1 N–H and O–H groups in total. The molecule has 0 radical (unpaired) electrons. The van der Waals surface area contributed by atoms with Crippen molar-refractivity contribution < 1.29 is 9.47 Å². The van der Waals surface area contributed by atoms with Gasteiger partial charge in [0.1, 0.15) is 0 Å². The van der Waals surface area contributed by atoms with Crippen LogP contribution in [0, 0.1) is 0 Å². The average Bonchev–Trinajstić information content (AvgIpc) is 2.53. The van der Waals surface area contributed by atoms with E-state index < -0.39 is 0 Å². The molecule has 4 heteroatoms. The number of hydrogen-bond donors (Lipinski definition) is 1. The summed E-state index contributed by atoms with van der Waals surface area (Å²) in [6.45, 7) is 0. The molecule has 0 aliphatic heterocycles. The van der Waals surface area contributed by atoms with Gasteiger partial charge in [-0.3, -0.25) is 0 Å². The van der Waals surface area contributed by atoms with Gasteiger partial charge >= 0.3 is 0 Å². The van der Waals surface area contributed by atoms with Crippen LogP contribution in [0.3, 0.4) is 0 Å². The Balaban J connectivity index is 2.25. The Morgan fingerprint density at radius 3 is 2.38 bits per heavy atom. The summed E-state index contributed by atoms with van der Waals surface area (Å²) in [4.78, 5) is 0.